The fourth-order valence-electron chi connectivity index (χ4n) is 3.01. The predicted molar refractivity (Wildman–Crippen MR) is 108 cm³/mol. The molecular weight excluding hydrogens is 324 g/mol. The number of benzene rings is 1. The van der Waals surface area contributed by atoms with Gasteiger partial charge in [-0.05, 0) is 42.9 Å². The molecule has 0 aliphatic carbocycles. The summed E-state index contributed by atoms with van der Waals surface area (Å²) in [5, 5.41) is 3.11. The quantitative estimate of drug-likeness (QED) is 0.774. The van der Waals surface area contributed by atoms with E-state index in [0.717, 1.165) is 29.9 Å². The highest BCUT2D eigenvalue weighted by Crippen LogP contribution is 2.32. The molecule has 0 saturated heterocycles. The third kappa shape index (κ3) is 4.40. The normalized spacial score (nSPS) is 11.1. The first-order chi connectivity index (χ1) is 12.4. The Kier molecular flexibility index (Phi) is 6.72. The van der Waals surface area contributed by atoms with Crippen molar-refractivity contribution in [2.24, 2.45) is 0 Å². The minimum absolute atomic E-state index is 0.198. The minimum Gasteiger partial charge on any atom is -0.341 e. The van der Waals surface area contributed by atoms with Crippen molar-refractivity contribution < 1.29 is 4.79 Å². The summed E-state index contributed by atoms with van der Waals surface area (Å²) in [6, 6.07) is 7.87. The monoisotopic (exact) mass is 354 g/mol. The van der Waals surface area contributed by atoms with Gasteiger partial charge in [0.2, 0.25) is 5.95 Å². The van der Waals surface area contributed by atoms with Gasteiger partial charge in [-0.3, -0.25) is 4.79 Å². The van der Waals surface area contributed by atoms with Gasteiger partial charge < -0.3 is 10.2 Å². The van der Waals surface area contributed by atoms with E-state index in [0.29, 0.717) is 23.5 Å². The van der Waals surface area contributed by atoms with Crippen LogP contribution in [0.1, 0.15) is 75.0 Å². The van der Waals surface area contributed by atoms with Gasteiger partial charge in [0.25, 0.3) is 5.91 Å². The van der Waals surface area contributed by atoms with Gasteiger partial charge in [-0.25, -0.2) is 9.97 Å². The SMILES string of the molecule is CCN(CC)c1nccc(C(=O)Nc2c(C(C)C)cccc2C(C)C)n1. The van der Waals surface area contributed by atoms with Gasteiger partial charge in [0.1, 0.15) is 5.69 Å². The Morgan fingerprint density at radius 2 is 1.62 bits per heavy atom. The molecule has 1 aromatic heterocycles. The standard InChI is InChI=1S/C21H30N4O/c1-7-25(8-2)21-22-13-12-18(23-21)20(26)24-19-16(14(3)4)10-9-11-17(19)15(5)6/h9-15H,7-8H2,1-6H3,(H,24,26). The number of anilines is 2. The van der Waals surface area contributed by atoms with E-state index in [9.17, 15) is 4.79 Å². The van der Waals surface area contributed by atoms with Crippen LogP contribution < -0.4 is 10.2 Å². The third-order valence-corrected chi connectivity index (χ3v) is 4.53. The highest BCUT2D eigenvalue weighted by atomic mass is 16.1. The lowest BCUT2D eigenvalue weighted by Gasteiger charge is -2.21. The van der Waals surface area contributed by atoms with Crippen LogP contribution in [-0.2, 0) is 0 Å². The van der Waals surface area contributed by atoms with E-state index >= 15 is 0 Å². The zero-order valence-corrected chi connectivity index (χ0v) is 16.7. The zero-order chi connectivity index (χ0) is 19.3. The van der Waals surface area contributed by atoms with E-state index in [4.69, 9.17) is 0 Å². The second kappa shape index (κ2) is 8.79. The topological polar surface area (TPSA) is 58.1 Å². The number of amides is 1. The molecule has 0 bridgehead atoms. The van der Waals surface area contributed by atoms with Crippen molar-refractivity contribution in [3.63, 3.8) is 0 Å². The average Bonchev–Trinajstić information content (AvgIpc) is 2.62. The molecule has 1 amide bonds. The number of hydrogen-bond donors (Lipinski definition) is 1. The van der Waals surface area contributed by atoms with Gasteiger partial charge in [-0.15, -0.1) is 0 Å². The molecule has 1 heterocycles. The third-order valence-electron chi connectivity index (χ3n) is 4.53. The van der Waals surface area contributed by atoms with Crippen LogP contribution in [0.4, 0.5) is 11.6 Å². The number of carbonyl (C=O) groups is 1. The maximum atomic E-state index is 12.9. The molecule has 0 spiro atoms. The number of nitrogens with zero attached hydrogens (tertiary/aromatic N) is 3. The summed E-state index contributed by atoms with van der Waals surface area (Å²) >= 11 is 0. The minimum atomic E-state index is -0.198. The van der Waals surface area contributed by atoms with Crippen molar-refractivity contribution in [3.8, 4) is 0 Å². The Hall–Kier alpha value is -2.43. The summed E-state index contributed by atoms with van der Waals surface area (Å²) in [6.07, 6.45) is 1.65. The molecule has 0 unspecified atom stereocenters. The lowest BCUT2D eigenvalue weighted by molar-refractivity contribution is 0.102. The van der Waals surface area contributed by atoms with Crippen LogP contribution in [0, 0.1) is 0 Å². The second-order valence-electron chi connectivity index (χ2n) is 6.99. The Morgan fingerprint density at radius 3 is 2.12 bits per heavy atom. The smallest absolute Gasteiger partial charge is 0.274 e. The summed E-state index contributed by atoms with van der Waals surface area (Å²) in [5.41, 5.74) is 3.57. The van der Waals surface area contributed by atoms with Crippen molar-refractivity contribution in [2.45, 2.75) is 53.4 Å². The molecule has 0 saturated carbocycles. The van der Waals surface area contributed by atoms with Crippen molar-refractivity contribution in [1.29, 1.82) is 0 Å². The highest BCUT2D eigenvalue weighted by Gasteiger charge is 2.18. The fraction of sp³-hybridized carbons (Fsp3) is 0.476. The van der Waals surface area contributed by atoms with E-state index in [1.807, 2.05) is 18.7 Å². The van der Waals surface area contributed by atoms with Crippen LogP contribution >= 0.6 is 0 Å². The molecule has 1 aromatic carbocycles. The molecule has 5 nitrogen and oxygen atoms in total. The van der Waals surface area contributed by atoms with Crippen LogP contribution in [0.15, 0.2) is 30.5 Å². The average molecular weight is 354 g/mol. The Labute approximate surface area is 156 Å². The number of nitrogens with one attached hydrogen (secondary N) is 1. The van der Waals surface area contributed by atoms with Crippen molar-refractivity contribution in [3.05, 3.63) is 47.3 Å². The summed E-state index contributed by atoms with van der Waals surface area (Å²) in [4.78, 5) is 23.7. The predicted octanol–water partition coefficient (Wildman–Crippen LogP) is 4.82. The summed E-state index contributed by atoms with van der Waals surface area (Å²) in [6.45, 7) is 14.2. The van der Waals surface area contributed by atoms with Crippen LogP contribution in [0.3, 0.4) is 0 Å². The lowest BCUT2D eigenvalue weighted by atomic mass is 9.92. The van der Waals surface area contributed by atoms with Crippen molar-refractivity contribution in [1.82, 2.24) is 9.97 Å². The molecule has 0 aliphatic rings. The van der Waals surface area contributed by atoms with E-state index in [-0.39, 0.29) is 5.91 Å². The van der Waals surface area contributed by atoms with Gasteiger partial charge in [0, 0.05) is 25.0 Å². The first kappa shape index (κ1) is 19.9. The van der Waals surface area contributed by atoms with Gasteiger partial charge in [0.15, 0.2) is 0 Å². The van der Waals surface area contributed by atoms with Gasteiger partial charge >= 0.3 is 0 Å². The van der Waals surface area contributed by atoms with E-state index in [1.54, 1.807) is 12.3 Å². The van der Waals surface area contributed by atoms with Crippen LogP contribution in [0.25, 0.3) is 0 Å². The molecule has 0 fully saturated rings. The maximum absolute atomic E-state index is 12.9. The van der Waals surface area contributed by atoms with Crippen molar-refractivity contribution >= 4 is 17.5 Å². The zero-order valence-electron chi connectivity index (χ0n) is 16.7. The van der Waals surface area contributed by atoms with Crippen molar-refractivity contribution in [2.75, 3.05) is 23.3 Å². The molecular formula is C21H30N4O. The molecule has 26 heavy (non-hydrogen) atoms. The molecule has 5 heteroatoms. The van der Waals surface area contributed by atoms with E-state index in [1.165, 1.54) is 0 Å². The van der Waals surface area contributed by atoms with Gasteiger partial charge in [-0.1, -0.05) is 45.9 Å². The van der Waals surface area contributed by atoms with Crippen LogP contribution in [0.5, 0.6) is 0 Å². The number of carbonyl (C=O) groups excluding carboxylic acids is 1. The number of para-hydroxylation sites is 1. The summed E-state index contributed by atoms with van der Waals surface area (Å²) < 4.78 is 0. The van der Waals surface area contributed by atoms with E-state index < -0.39 is 0 Å². The maximum Gasteiger partial charge on any atom is 0.274 e. The van der Waals surface area contributed by atoms with Crippen LogP contribution in [-0.4, -0.2) is 29.0 Å². The molecule has 140 valence electrons. The summed E-state index contributed by atoms with van der Waals surface area (Å²) in [5.74, 6) is 1.03. The van der Waals surface area contributed by atoms with Gasteiger partial charge in [-0.2, -0.15) is 0 Å². The highest BCUT2D eigenvalue weighted by molar-refractivity contribution is 6.04. The Bertz CT molecular complexity index is 725. The Balaban J connectivity index is 2.38. The molecule has 0 atom stereocenters. The molecule has 0 radical (unpaired) electrons. The number of rotatable bonds is 7. The lowest BCUT2D eigenvalue weighted by Crippen LogP contribution is -2.25. The largest absolute Gasteiger partial charge is 0.341 e. The van der Waals surface area contributed by atoms with Crippen LogP contribution in [0.2, 0.25) is 0 Å². The first-order valence-electron chi connectivity index (χ1n) is 9.41. The Morgan fingerprint density at radius 1 is 1.04 bits per heavy atom. The number of hydrogen-bond acceptors (Lipinski definition) is 4. The fourth-order valence-corrected chi connectivity index (χ4v) is 3.01. The number of aromatic nitrogens is 2. The molecule has 0 aliphatic heterocycles. The molecule has 1 N–H and O–H groups in total. The van der Waals surface area contributed by atoms with Gasteiger partial charge in [0.05, 0.1) is 0 Å². The molecule has 2 rings (SSSR count). The first-order valence-corrected chi connectivity index (χ1v) is 9.41. The summed E-state index contributed by atoms with van der Waals surface area (Å²) in [7, 11) is 0. The molecule has 2 aromatic rings. The second-order valence-corrected chi connectivity index (χ2v) is 6.99. The van der Waals surface area contributed by atoms with E-state index in [2.05, 4.69) is 61.2 Å².